The van der Waals surface area contributed by atoms with Crippen LogP contribution in [0.25, 0.3) is 0 Å². The van der Waals surface area contributed by atoms with E-state index >= 15 is 0 Å². The van der Waals surface area contributed by atoms with E-state index in [-0.39, 0.29) is 0 Å². The Hall–Kier alpha value is -0.400. The molecule has 0 amide bonds. The Balaban J connectivity index is 3.28. The average molecular weight is 205 g/mol. The molecule has 0 saturated heterocycles. The van der Waals surface area contributed by atoms with Crippen LogP contribution in [0.1, 0.15) is 12.5 Å². The van der Waals surface area contributed by atoms with Gasteiger partial charge >= 0.3 is 0 Å². The van der Waals surface area contributed by atoms with Gasteiger partial charge in [0, 0.05) is 10.6 Å². The highest BCUT2D eigenvalue weighted by molar-refractivity contribution is 6.34. The topological polar surface area (TPSA) is 9.23 Å². The molecule has 3 heteroatoms. The molecule has 1 rings (SSSR count). The Bertz CT molecular complexity index is 255. The summed E-state index contributed by atoms with van der Waals surface area (Å²) in [7, 11) is 1.59. The molecule has 0 radical (unpaired) electrons. The number of rotatable bonds is 2. The van der Waals surface area contributed by atoms with E-state index in [0.29, 0.717) is 15.8 Å². The standard InChI is InChI=1S/C9H10Cl2O/c1-3-6-7(10)4-5-8(11)9(6)12-2/h4-5H,3H2,1-2H3. The first-order chi connectivity index (χ1) is 5.70. The summed E-state index contributed by atoms with van der Waals surface area (Å²) in [6.07, 6.45) is 0.822. The fourth-order valence-electron chi connectivity index (χ4n) is 1.13. The number of hydrogen-bond acceptors (Lipinski definition) is 1. The number of methoxy groups -OCH3 is 1. The van der Waals surface area contributed by atoms with Crippen molar-refractivity contribution in [1.29, 1.82) is 0 Å². The third-order valence-corrected chi connectivity index (χ3v) is 2.36. The summed E-state index contributed by atoms with van der Waals surface area (Å²) in [6, 6.07) is 3.52. The fraction of sp³-hybridized carbons (Fsp3) is 0.333. The molecule has 0 aliphatic carbocycles. The van der Waals surface area contributed by atoms with Crippen molar-refractivity contribution in [2.75, 3.05) is 7.11 Å². The van der Waals surface area contributed by atoms with Crippen LogP contribution in [0.5, 0.6) is 5.75 Å². The normalized spacial score (nSPS) is 10.0. The Morgan fingerprint density at radius 2 is 1.83 bits per heavy atom. The van der Waals surface area contributed by atoms with E-state index in [1.54, 1.807) is 19.2 Å². The lowest BCUT2D eigenvalue weighted by Crippen LogP contribution is -1.92. The molecule has 0 unspecified atom stereocenters. The summed E-state index contributed by atoms with van der Waals surface area (Å²) in [5.41, 5.74) is 0.965. The summed E-state index contributed by atoms with van der Waals surface area (Å²) >= 11 is 11.8. The van der Waals surface area contributed by atoms with Crippen LogP contribution in [-0.4, -0.2) is 7.11 Å². The molecule has 66 valence electrons. The van der Waals surface area contributed by atoms with Crippen molar-refractivity contribution in [3.05, 3.63) is 27.7 Å². The number of hydrogen-bond donors (Lipinski definition) is 0. The van der Waals surface area contributed by atoms with E-state index in [1.165, 1.54) is 0 Å². The van der Waals surface area contributed by atoms with Crippen LogP contribution >= 0.6 is 23.2 Å². The Labute approximate surface area is 82.2 Å². The zero-order chi connectivity index (χ0) is 9.14. The Kier molecular flexibility index (Phi) is 3.24. The van der Waals surface area contributed by atoms with E-state index in [1.807, 2.05) is 6.92 Å². The van der Waals surface area contributed by atoms with Crippen LogP contribution in [0.3, 0.4) is 0 Å². The van der Waals surface area contributed by atoms with Gasteiger partial charge in [0.05, 0.1) is 12.1 Å². The first-order valence-electron chi connectivity index (χ1n) is 3.71. The Morgan fingerprint density at radius 1 is 1.25 bits per heavy atom. The van der Waals surface area contributed by atoms with Gasteiger partial charge in [-0.3, -0.25) is 0 Å². The van der Waals surface area contributed by atoms with Gasteiger partial charge in [-0.2, -0.15) is 0 Å². The van der Waals surface area contributed by atoms with Gasteiger partial charge in [-0.25, -0.2) is 0 Å². The van der Waals surface area contributed by atoms with Crippen molar-refractivity contribution in [3.63, 3.8) is 0 Å². The highest BCUT2D eigenvalue weighted by atomic mass is 35.5. The monoisotopic (exact) mass is 204 g/mol. The summed E-state index contributed by atoms with van der Waals surface area (Å²) in [5.74, 6) is 0.687. The van der Waals surface area contributed by atoms with E-state index < -0.39 is 0 Å². The lowest BCUT2D eigenvalue weighted by molar-refractivity contribution is 0.410. The molecule has 0 heterocycles. The van der Waals surface area contributed by atoms with Gasteiger partial charge in [0.1, 0.15) is 5.75 Å². The molecule has 1 aromatic carbocycles. The summed E-state index contributed by atoms with van der Waals surface area (Å²) in [5, 5.41) is 1.32. The number of ether oxygens (including phenoxy) is 1. The maximum Gasteiger partial charge on any atom is 0.142 e. The first-order valence-corrected chi connectivity index (χ1v) is 4.47. The second-order valence-electron chi connectivity index (χ2n) is 2.39. The molecule has 0 atom stereocenters. The Morgan fingerprint density at radius 3 is 2.25 bits per heavy atom. The SMILES string of the molecule is CCc1c(Cl)ccc(Cl)c1OC. The van der Waals surface area contributed by atoms with Crippen LogP contribution < -0.4 is 4.74 Å². The zero-order valence-electron chi connectivity index (χ0n) is 7.03. The molecule has 0 aromatic heterocycles. The van der Waals surface area contributed by atoms with E-state index in [9.17, 15) is 0 Å². The lowest BCUT2D eigenvalue weighted by atomic mass is 10.1. The van der Waals surface area contributed by atoms with Gasteiger partial charge in [-0.15, -0.1) is 0 Å². The van der Waals surface area contributed by atoms with Crippen molar-refractivity contribution in [2.24, 2.45) is 0 Å². The molecule has 0 aliphatic rings. The predicted molar refractivity (Wildman–Crippen MR) is 52.4 cm³/mol. The minimum absolute atomic E-state index is 0.610. The largest absolute Gasteiger partial charge is 0.495 e. The predicted octanol–water partition coefficient (Wildman–Crippen LogP) is 3.56. The smallest absolute Gasteiger partial charge is 0.142 e. The lowest BCUT2D eigenvalue weighted by Gasteiger charge is -2.09. The number of halogens is 2. The number of benzene rings is 1. The van der Waals surface area contributed by atoms with Crippen LogP contribution in [0.4, 0.5) is 0 Å². The third kappa shape index (κ3) is 1.67. The zero-order valence-corrected chi connectivity index (χ0v) is 8.54. The molecule has 0 spiro atoms. The molecule has 1 aromatic rings. The molecule has 0 aliphatic heterocycles. The van der Waals surface area contributed by atoms with E-state index in [0.717, 1.165) is 12.0 Å². The molecule has 1 nitrogen and oxygen atoms in total. The van der Waals surface area contributed by atoms with Crippen molar-refractivity contribution in [3.8, 4) is 5.75 Å². The average Bonchev–Trinajstić information content (AvgIpc) is 2.08. The van der Waals surface area contributed by atoms with Crippen LogP contribution in [0.15, 0.2) is 12.1 Å². The minimum Gasteiger partial charge on any atom is -0.495 e. The maximum absolute atomic E-state index is 5.94. The molecule has 0 bridgehead atoms. The van der Waals surface area contributed by atoms with Crippen LogP contribution in [0.2, 0.25) is 10.0 Å². The van der Waals surface area contributed by atoms with Gasteiger partial charge < -0.3 is 4.74 Å². The molecule has 12 heavy (non-hydrogen) atoms. The van der Waals surface area contributed by atoms with Gasteiger partial charge in [0.15, 0.2) is 0 Å². The van der Waals surface area contributed by atoms with Crippen molar-refractivity contribution in [1.82, 2.24) is 0 Å². The molecular formula is C9H10Cl2O. The molecular weight excluding hydrogens is 195 g/mol. The van der Waals surface area contributed by atoms with E-state index in [4.69, 9.17) is 27.9 Å². The first kappa shape index (κ1) is 9.69. The molecule has 0 N–H and O–H groups in total. The van der Waals surface area contributed by atoms with Crippen molar-refractivity contribution in [2.45, 2.75) is 13.3 Å². The van der Waals surface area contributed by atoms with Crippen LogP contribution in [0, 0.1) is 0 Å². The van der Waals surface area contributed by atoms with Crippen molar-refractivity contribution < 1.29 is 4.74 Å². The second-order valence-corrected chi connectivity index (χ2v) is 3.21. The summed E-state index contributed by atoms with van der Waals surface area (Å²) < 4.78 is 5.13. The fourth-order valence-corrected chi connectivity index (χ4v) is 1.66. The third-order valence-electron chi connectivity index (χ3n) is 1.71. The quantitative estimate of drug-likeness (QED) is 0.717. The van der Waals surface area contributed by atoms with Crippen LogP contribution in [-0.2, 0) is 6.42 Å². The highest BCUT2D eigenvalue weighted by Gasteiger charge is 2.09. The van der Waals surface area contributed by atoms with Gasteiger partial charge in [0.2, 0.25) is 0 Å². The van der Waals surface area contributed by atoms with Gasteiger partial charge in [0.25, 0.3) is 0 Å². The minimum atomic E-state index is 0.610. The summed E-state index contributed by atoms with van der Waals surface area (Å²) in [4.78, 5) is 0. The van der Waals surface area contributed by atoms with Gasteiger partial charge in [-0.05, 0) is 18.6 Å². The van der Waals surface area contributed by atoms with Gasteiger partial charge in [-0.1, -0.05) is 30.1 Å². The summed E-state index contributed by atoms with van der Waals surface area (Å²) in [6.45, 7) is 2.01. The van der Waals surface area contributed by atoms with Crippen molar-refractivity contribution >= 4 is 23.2 Å². The van der Waals surface area contributed by atoms with E-state index in [2.05, 4.69) is 0 Å². The molecule has 0 saturated carbocycles. The molecule has 0 fully saturated rings. The highest BCUT2D eigenvalue weighted by Crippen LogP contribution is 2.33. The maximum atomic E-state index is 5.94. The second kappa shape index (κ2) is 4.01.